The first kappa shape index (κ1) is 9.88. The van der Waals surface area contributed by atoms with Crippen LogP contribution in [0.25, 0.3) is 0 Å². The molecule has 72 valence electrons. The Balaban J connectivity index is 2.52. The maximum absolute atomic E-state index is 9.38. The summed E-state index contributed by atoms with van der Waals surface area (Å²) in [7, 11) is 1.49. The van der Waals surface area contributed by atoms with Gasteiger partial charge in [-0.25, -0.2) is 0 Å². The zero-order valence-electron chi connectivity index (χ0n) is 7.01. The second-order valence-corrected chi connectivity index (χ2v) is 2.90. The van der Waals surface area contributed by atoms with Crippen molar-refractivity contribution in [2.24, 2.45) is 5.73 Å². The summed E-state index contributed by atoms with van der Waals surface area (Å²) in [4.78, 5) is 0. The van der Waals surface area contributed by atoms with Crippen molar-refractivity contribution in [2.45, 2.75) is 31.0 Å². The van der Waals surface area contributed by atoms with E-state index >= 15 is 0 Å². The second kappa shape index (κ2) is 4.15. The monoisotopic (exact) mass is 177 g/mol. The largest absolute Gasteiger partial charge is 0.394 e. The topological polar surface area (TPSA) is 84.9 Å². The highest BCUT2D eigenvalue weighted by atomic mass is 16.7. The lowest BCUT2D eigenvalue weighted by Crippen LogP contribution is -2.54. The molecule has 0 bridgehead atoms. The SMILES string of the molecule is CO[C@H]1C[C@@H](O)[C@H](N)[C@@H](CO)O1. The summed E-state index contributed by atoms with van der Waals surface area (Å²) >= 11 is 0. The molecule has 0 aromatic carbocycles. The van der Waals surface area contributed by atoms with Gasteiger partial charge in [0.2, 0.25) is 0 Å². The van der Waals surface area contributed by atoms with Crippen molar-refractivity contribution in [3.63, 3.8) is 0 Å². The highest BCUT2D eigenvalue weighted by molar-refractivity contribution is 4.85. The number of rotatable bonds is 2. The molecule has 0 unspecified atom stereocenters. The molecule has 1 rings (SSSR count). The minimum atomic E-state index is -0.666. The van der Waals surface area contributed by atoms with Crippen molar-refractivity contribution < 1.29 is 19.7 Å². The summed E-state index contributed by atoms with van der Waals surface area (Å²) in [5.41, 5.74) is 5.56. The summed E-state index contributed by atoms with van der Waals surface area (Å²) < 4.78 is 10.1. The van der Waals surface area contributed by atoms with Crippen molar-refractivity contribution in [3.05, 3.63) is 0 Å². The summed E-state index contributed by atoms with van der Waals surface area (Å²) in [6.45, 7) is -0.196. The fourth-order valence-electron chi connectivity index (χ4n) is 1.26. The van der Waals surface area contributed by atoms with Crippen LogP contribution in [0, 0.1) is 0 Å². The van der Waals surface area contributed by atoms with Crippen LogP contribution in [0.3, 0.4) is 0 Å². The highest BCUT2D eigenvalue weighted by Gasteiger charge is 2.34. The van der Waals surface area contributed by atoms with Crippen LogP contribution in [-0.4, -0.2) is 48.5 Å². The summed E-state index contributed by atoms with van der Waals surface area (Å²) in [6, 6.07) is -0.526. The molecule has 1 heterocycles. The van der Waals surface area contributed by atoms with E-state index in [4.69, 9.17) is 20.3 Å². The Labute approximate surface area is 71.1 Å². The standard InChI is InChI=1S/C7H15NO4/c1-11-6-2-4(10)7(8)5(3-9)12-6/h4-7,9-10H,2-3,8H2,1H3/t4-,5-,6-,7+/m1/s1. The molecule has 12 heavy (non-hydrogen) atoms. The number of ether oxygens (including phenoxy) is 2. The van der Waals surface area contributed by atoms with Gasteiger partial charge in [-0.2, -0.15) is 0 Å². The summed E-state index contributed by atoms with van der Waals surface area (Å²) in [5.74, 6) is 0. The molecule has 4 N–H and O–H groups in total. The number of aliphatic hydroxyl groups excluding tert-OH is 2. The molecule has 1 aliphatic rings. The molecule has 0 saturated carbocycles. The maximum Gasteiger partial charge on any atom is 0.160 e. The quantitative estimate of drug-likeness (QED) is 0.474. The average Bonchev–Trinajstić information content (AvgIpc) is 2.09. The molecule has 0 aliphatic carbocycles. The van der Waals surface area contributed by atoms with Crippen molar-refractivity contribution in [3.8, 4) is 0 Å². The van der Waals surface area contributed by atoms with Crippen LogP contribution >= 0.6 is 0 Å². The van der Waals surface area contributed by atoms with E-state index in [0.717, 1.165) is 0 Å². The molecule has 5 heteroatoms. The predicted molar refractivity (Wildman–Crippen MR) is 41.4 cm³/mol. The van der Waals surface area contributed by atoms with Gasteiger partial charge in [0.25, 0.3) is 0 Å². The van der Waals surface area contributed by atoms with E-state index in [9.17, 15) is 5.11 Å². The lowest BCUT2D eigenvalue weighted by Gasteiger charge is -2.36. The van der Waals surface area contributed by atoms with Gasteiger partial charge in [0.1, 0.15) is 6.10 Å². The van der Waals surface area contributed by atoms with Gasteiger partial charge >= 0.3 is 0 Å². The van der Waals surface area contributed by atoms with Gasteiger partial charge in [-0.15, -0.1) is 0 Å². The molecule has 0 spiro atoms. The third-order valence-electron chi connectivity index (χ3n) is 2.08. The fraction of sp³-hybridized carbons (Fsp3) is 1.00. The Hall–Kier alpha value is -0.200. The molecular formula is C7H15NO4. The molecule has 5 nitrogen and oxygen atoms in total. The Kier molecular flexibility index (Phi) is 3.42. The minimum Gasteiger partial charge on any atom is -0.394 e. The van der Waals surface area contributed by atoms with Crippen LogP contribution in [0.15, 0.2) is 0 Å². The van der Waals surface area contributed by atoms with Gasteiger partial charge < -0.3 is 25.4 Å². The maximum atomic E-state index is 9.38. The van der Waals surface area contributed by atoms with Crippen molar-refractivity contribution >= 4 is 0 Å². The van der Waals surface area contributed by atoms with Crippen molar-refractivity contribution in [1.29, 1.82) is 0 Å². The number of methoxy groups -OCH3 is 1. The summed E-state index contributed by atoms with van der Waals surface area (Å²) in [5, 5.41) is 18.2. The molecule has 0 radical (unpaired) electrons. The molecule has 0 amide bonds. The van der Waals surface area contributed by atoms with Crippen LogP contribution in [-0.2, 0) is 9.47 Å². The first-order valence-corrected chi connectivity index (χ1v) is 3.91. The number of nitrogens with two attached hydrogens (primary N) is 1. The zero-order valence-corrected chi connectivity index (χ0v) is 7.01. The van der Waals surface area contributed by atoms with Gasteiger partial charge in [0.05, 0.1) is 18.8 Å². The number of hydrogen-bond acceptors (Lipinski definition) is 5. The van der Waals surface area contributed by atoms with Gasteiger partial charge in [0, 0.05) is 13.5 Å². The first-order valence-electron chi connectivity index (χ1n) is 3.91. The molecule has 4 atom stereocenters. The van der Waals surface area contributed by atoms with Crippen LogP contribution in [0.2, 0.25) is 0 Å². The fourth-order valence-corrected chi connectivity index (χ4v) is 1.26. The van der Waals surface area contributed by atoms with Crippen LogP contribution < -0.4 is 5.73 Å². The molecule has 1 saturated heterocycles. The Morgan fingerprint density at radius 2 is 2.33 bits per heavy atom. The normalized spacial score (nSPS) is 43.0. The van der Waals surface area contributed by atoms with Crippen LogP contribution in [0.5, 0.6) is 0 Å². The van der Waals surface area contributed by atoms with Gasteiger partial charge in [0.15, 0.2) is 6.29 Å². The molecule has 0 aromatic heterocycles. The predicted octanol–water partition coefficient (Wildman–Crippen LogP) is -1.57. The zero-order chi connectivity index (χ0) is 9.14. The average molecular weight is 177 g/mol. The number of aliphatic hydroxyl groups is 2. The Morgan fingerprint density at radius 3 is 2.83 bits per heavy atom. The summed E-state index contributed by atoms with van der Waals surface area (Å²) in [6.07, 6.45) is -1.30. The van der Waals surface area contributed by atoms with Gasteiger partial charge in [-0.1, -0.05) is 0 Å². The molecule has 1 fully saturated rings. The van der Waals surface area contributed by atoms with Crippen molar-refractivity contribution in [1.82, 2.24) is 0 Å². The van der Waals surface area contributed by atoms with E-state index in [1.807, 2.05) is 0 Å². The number of hydrogen-bond donors (Lipinski definition) is 3. The Bertz CT molecular complexity index is 143. The first-order chi connectivity index (χ1) is 5.69. The van der Waals surface area contributed by atoms with Gasteiger partial charge in [-0.05, 0) is 0 Å². The van der Waals surface area contributed by atoms with Crippen molar-refractivity contribution in [2.75, 3.05) is 13.7 Å². The molecular weight excluding hydrogens is 162 g/mol. The Morgan fingerprint density at radius 1 is 1.67 bits per heavy atom. The van der Waals surface area contributed by atoms with E-state index in [1.165, 1.54) is 7.11 Å². The molecule has 1 aliphatic heterocycles. The van der Waals surface area contributed by atoms with Crippen LogP contribution in [0.4, 0.5) is 0 Å². The van der Waals surface area contributed by atoms with E-state index < -0.39 is 24.5 Å². The second-order valence-electron chi connectivity index (χ2n) is 2.90. The van der Waals surface area contributed by atoms with E-state index in [2.05, 4.69) is 0 Å². The van der Waals surface area contributed by atoms with E-state index in [0.29, 0.717) is 6.42 Å². The minimum absolute atomic E-state index is 0.196. The molecule has 0 aromatic rings. The third kappa shape index (κ3) is 1.94. The lowest BCUT2D eigenvalue weighted by molar-refractivity contribution is -0.217. The van der Waals surface area contributed by atoms with Gasteiger partial charge in [-0.3, -0.25) is 0 Å². The van der Waals surface area contributed by atoms with E-state index in [1.54, 1.807) is 0 Å². The van der Waals surface area contributed by atoms with E-state index in [-0.39, 0.29) is 6.61 Å². The third-order valence-corrected chi connectivity index (χ3v) is 2.08. The smallest absolute Gasteiger partial charge is 0.160 e. The van der Waals surface area contributed by atoms with Crippen LogP contribution in [0.1, 0.15) is 6.42 Å². The highest BCUT2D eigenvalue weighted by Crippen LogP contribution is 2.18. The lowest BCUT2D eigenvalue weighted by atomic mass is 10.00.